The molecule has 0 saturated carbocycles. The average molecular weight is 347 g/mol. The van der Waals surface area contributed by atoms with Crippen molar-refractivity contribution >= 4 is 10.0 Å². The van der Waals surface area contributed by atoms with Crippen LogP contribution in [0.2, 0.25) is 0 Å². The van der Waals surface area contributed by atoms with Crippen molar-refractivity contribution in [3.63, 3.8) is 0 Å². The lowest BCUT2D eigenvalue weighted by Gasteiger charge is -2.11. The second-order valence-electron chi connectivity index (χ2n) is 6.22. The molecule has 2 aromatic rings. The van der Waals surface area contributed by atoms with Crippen molar-refractivity contribution in [3.05, 3.63) is 59.2 Å². The topological polar surface area (TPSA) is 55.4 Å². The number of nitrogens with one attached hydrogen (secondary N) is 1. The first kappa shape index (κ1) is 18.5. The molecule has 1 N–H and O–H groups in total. The first-order chi connectivity index (χ1) is 11.3. The van der Waals surface area contributed by atoms with Gasteiger partial charge in [0.2, 0.25) is 10.0 Å². The molecule has 0 aliphatic carbocycles. The summed E-state index contributed by atoms with van der Waals surface area (Å²) in [5, 5.41) is 0. The van der Waals surface area contributed by atoms with Gasteiger partial charge in [0, 0.05) is 6.54 Å². The van der Waals surface area contributed by atoms with E-state index in [4.69, 9.17) is 4.74 Å². The summed E-state index contributed by atoms with van der Waals surface area (Å²) < 4.78 is 32.7. The maximum Gasteiger partial charge on any atom is 0.240 e. The van der Waals surface area contributed by atoms with Crippen molar-refractivity contribution in [1.29, 1.82) is 0 Å². The van der Waals surface area contributed by atoms with Crippen molar-refractivity contribution < 1.29 is 13.2 Å². The highest BCUT2D eigenvalue weighted by molar-refractivity contribution is 7.89. The molecule has 0 spiro atoms. The SMILES string of the molecule is Cc1ccc(OCCNS(=O)(=O)c2ccc(C(C)C)cc2)cc1C. The van der Waals surface area contributed by atoms with Crippen molar-refractivity contribution in [3.8, 4) is 5.75 Å². The smallest absolute Gasteiger partial charge is 0.240 e. The third-order valence-corrected chi connectivity index (χ3v) is 5.48. The summed E-state index contributed by atoms with van der Waals surface area (Å²) in [6, 6.07) is 12.8. The molecule has 0 unspecified atom stereocenters. The lowest BCUT2D eigenvalue weighted by Crippen LogP contribution is -2.28. The summed E-state index contributed by atoms with van der Waals surface area (Å²) in [7, 11) is -3.50. The second kappa shape index (κ2) is 7.81. The molecule has 4 nitrogen and oxygen atoms in total. The van der Waals surface area contributed by atoms with Gasteiger partial charge in [-0.05, 0) is 60.7 Å². The van der Waals surface area contributed by atoms with Gasteiger partial charge in [-0.2, -0.15) is 0 Å². The standard InChI is InChI=1S/C19H25NO3S/c1-14(2)17-6-9-19(10-7-17)24(21,22)20-11-12-23-18-8-5-15(3)16(4)13-18/h5-10,13-14,20H,11-12H2,1-4H3. The summed E-state index contributed by atoms with van der Waals surface area (Å²) in [5.41, 5.74) is 3.47. The van der Waals surface area contributed by atoms with Gasteiger partial charge in [0.25, 0.3) is 0 Å². The maximum absolute atomic E-state index is 12.3. The Balaban J connectivity index is 1.89. The van der Waals surface area contributed by atoms with Crippen LogP contribution >= 0.6 is 0 Å². The highest BCUT2D eigenvalue weighted by Crippen LogP contribution is 2.18. The molecule has 0 aliphatic heterocycles. The molecule has 0 bridgehead atoms. The minimum absolute atomic E-state index is 0.223. The van der Waals surface area contributed by atoms with E-state index in [9.17, 15) is 8.42 Å². The van der Waals surface area contributed by atoms with E-state index in [1.807, 2.05) is 44.2 Å². The Morgan fingerprint density at radius 2 is 1.67 bits per heavy atom. The van der Waals surface area contributed by atoms with Crippen LogP contribution in [0.15, 0.2) is 47.4 Å². The van der Waals surface area contributed by atoms with Gasteiger partial charge in [-0.3, -0.25) is 0 Å². The zero-order chi connectivity index (χ0) is 17.7. The Morgan fingerprint density at radius 1 is 1.00 bits per heavy atom. The normalized spacial score (nSPS) is 11.7. The number of rotatable bonds is 7. The lowest BCUT2D eigenvalue weighted by atomic mass is 10.0. The monoisotopic (exact) mass is 347 g/mol. The predicted molar refractivity (Wildman–Crippen MR) is 97.1 cm³/mol. The molecule has 5 heteroatoms. The molecule has 130 valence electrons. The largest absolute Gasteiger partial charge is 0.492 e. The second-order valence-corrected chi connectivity index (χ2v) is 7.98. The van der Waals surface area contributed by atoms with E-state index in [1.165, 1.54) is 5.56 Å². The zero-order valence-electron chi connectivity index (χ0n) is 14.7. The van der Waals surface area contributed by atoms with E-state index in [2.05, 4.69) is 18.6 Å². The molecule has 2 rings (SSSR count). The van der Waals surface area contributed by atoms with Gasteiger partial charge in [-0.1, -0.05) is 32.0 Å². The molecule has 0 aromatic heterocycles. The summed E-state index contributed by atoms with van der Waals surface area (Å²) in [6.45, 7) is 8.72. The van der Waals surface area contributed by atoms with Crippen LogP contribution in [0.3, 0.4) is 0 Å². The Labute approximate surface area is 144 Å². The number of hydrogen-bond donors (Lipinski definition) is 1. The first-order valence-electron chi connectivity index (χ1n) is 8.09. The third-order valence-electron chi connectivity index (χ3n) is 4.00. The predicted octanol–water partition coefficient (Wildman–Crippen LogP) is 3.78. The minimum Gasteiger partial charge on any atom is -0.492 e. The number of hydrogen-bond acceptors (Lipinski definition) is 3. The molecular weight excluding hydrogens is 322 g/mol. The van der Waals surface area contributed by atoms with Crippen LogP contribution < -0.4 is 9.46 Å². The van der Waals surface area contributed by atoms with E-state index in [1.54, 1.807) is 12.1 Å². The molecule has 0 atom stereocenters. The van der Waals surface area contributed by atoms with Crippen molar-refractivity contribution in [2.24, 2.45) is 0 Å². The fraction of sp³-hybridized carbons (Fsp3) is 0.368. The van der Waals surface area contributed by atoms with Gasteiger partial charge in [-0.15, -0.1) is 0 Å². The summed E-state index contributed by atoms with van der Waals surface area (Å²) in [6.07, 6.45) is 0. The molecular formula is C19H25NO3S. The molecule has 0 amide bonds. The van der Waals surface area contributed by atoms with Crippen LogP contribution in [0.5, 0.6) is 5.75 Å². The van der Waals surface area contributed by atoms with E-state index in [0.717, 1.165) is 16.9 Å². The van der Waals surface area contributed by atoms with Crippen LogP contribution in [0.4, 0.5) is 0 Å². The maximum atomic E-state index is 12.3. The third kappa shape index (κ3) is 4.82. The molecule has 24 heavy (non-hydrogen) atoms. The molecule has 0 heterocycles. The van der Waals surface area contributed by atoms with Crippen LogP contribution in [-0.4, -0.2) is 21.6 Å². The molecule has 0 aliphatic rings. The molecule has 0 fully saturated rings. The Bertz CT molecular complexity index is 781. The zero-order valence-corrected chi connectivity index (χ0v) is 15.5. The van der Waals surface area contributed by atoms with Gasteiger partial charge in [0.15, 0.2) is 0 Å². The van der Waals surface area contributed by atoms with Crippen molar-refractivity contribution in [1.82, 2.24) is 4.72 Å². The number of ether oxygens (including phenoxy) is 1. The summed E-state index contributed by atoms with van der Waals surface area (Å²) >= 11 is 0. The highest BCUT2D eigenvalue weighted by Gasteiger charge is 2.13. The molecule has 0 saturated heterocycles. The van der Waals surface area contributed by atoms with Gasteiger partial charge in [0.05, 0.1) is 4.90 Å². The number of sulfonamides is 1. The lowest BCUT2D eigenvalue weighted by molar-refractivity contribution is 0.322. The van der Waals surface area contributed by atoms with E-state index >= 15 is 0 Å². The van der Waals surface area contributed by atoms with Gasteiger partial charge < -0.3 is 4.74 Å². The van der Waals surface area contributed by atoms with Gasteiger partial charge >= 0.3 is 0 Å². The van der Waals surface area contributed by atoms with E-state index in [-0.39, 0.29) is 18.0 Å². The van der Waals surface area contributed by atoms with Crippen molar-refractivity contribution in [2.45, 2.75) is 38.5 Å². The first-order valence-corrected chi connectivity index (χ1v) is 9.57. The van der Waals surface area contributed by atoms with Crippen molar-refractivity contribution in [2.75, 3.05) is 13.2 Å². The van der Waals surface area contributed by atoms with Crippen LogP contribution in [0.25, 0.3) is 0 Å². The van der Waals surface area contributed by atoms with Crippen LogP contribution in [0, 0.1) is 13.8 Å². The molecule has 2 aromatic carbocycles. The van der Waals surface area contributed by atoms with Gasteiger partial charge in [-0.25, -0.2) is 13.1 Å². The van der Waals surface area contributed by atoms with E-state index in [0.29, 0.717) is 5.92 Å². The summed E-state index contributed by atoms with van der Waals surface area (Å²) in [4.78, 5) is 0.276. The highest BCUT2D eigenvalue weighted by atomic mass is 32.2. The number of aryl methyl sites for hydroxylation is 2. The fourth-order valence-corrected chi connectivity index (χ4v) is 3.28. The Morgan fingerprint density at radius 3 is 2.25 bits per heavy atom. The quantitative estimate of drug-likeness (QED) is 0.776. The number of benzene rings is 2. The van der Waals surface area contributed by atoms with Gasteiger partial charge in [0.1, 0.15) is 12.4 Å². The Hall–Kier alpha value is -1.85. The van der Waals surface area contributed by atoms with Crippen LogP contribution in [0.1, 0.15) is 36.5 Å². The average Bonchev–Trinajstić information content (AvgIpc) is 2.55. The van der Waals surface area contributed by atoms with Crippen LogP contribution in [-0.2, 0) is 10.0 Å². The minimum atomic E-state index is -3.50. The fourth-order valence-electron chi connectivity index (χ4n) is 2.26. The Kier molecular flexibility index (Phi) is 6.02. The van der Waals surface area contributed by atoms with E-state index < -0.39 is 10.0 Å². The molecule has 0 radical (unpaired) electrons. The summed E-state index contributed by atoms with van der Waals surface area (Å²) in [5.74, 6) is 1.12.